The van der Waals surface area contributed by atoms with Gasteiger partial charge in [0.25, 0.3) is 0 Å². The summed E-state index contributed by atoms with van der Waals surface area (Å²) in [5.74, 6) is 0.935. The van der Waals surface area contributed by atoms with Crippen molar-refractivity contribution in [3.63, 3.8) is 0 Å². The van der Waals surface area contributed by atoms with Crippen molar-refractivity contribution in [1.82, 2.24) is 5.32 Å². The summed E-state index contributed by atoms with van der Waals surface area (Å²) >= 11 is 0. The molecule has 1 aliphatic rings. The number of hydrogen-bond acceptors (Lipinski definition) is 2. The molecule has 3 nitrogen and oxygen atoms in total. The first-order chi connectivity index (χ1) is 9.63. The number of aryl methyl sites for hydroxylation is 1. The smallest absolute Gasteiger partial charge is 0.226 e. The summed E-state index contributed by atoms with van der Waals surface area (Å²) in [6.07, 6.45) is 2.88. The molecule has 1 amide bonds. The van der Waals surface area contributed by atoms with Crippen LogP contribution in [0.4, 0.5) is 5.69 Å². The van der Waals surface area contributed by atoms with Crippen molar-refractivity contribution in [3.8, 4) is 0 Å². The number of nitrogens with one attached hydrogen (secondary N) is 1. The largest absolute Gasteiger partial charge is 0.316 e. The zero-order chi connectivity index (χ0) is 14.5. The predicted molar refractivity (Wildman–Crippen MR) is 91.4 cm³/mol. The van der Waals surface area contributed by atoms with Gasteiger partial charge in [0.05, 0.1) is 0 Å². The average Bonchev–Trinajstić information content (AvgIpc) is 2.95. The Balaban J connectivity index is 0.00000220. The van der Waals surface area contributed by atoms with Gasteiger partial charge >= 0.3 is 0 Å². The van der Waals surface area contributed by atoms with Gasteiger partial charge in [0, 0.05) is 18.7 Å². The van der Waals surface area contributed by atoms with E-state index >= 15 is 0 Å². The zero-order valence-corrected chi connectivity index (χ0v) is 14.1. The third kappa shape index (κ3) is 4.45. The van der Waals surface area contributed by atoms with Crippen molar-refractivity contribution in [2.45, 2.75) is 40.0 Å². The first-order valence-electron chi connectivity index (χ1n) is 7.70. The molecule has 1 aromatic rings. The second-order valence-electron chi connectivity index (χ2n) is 5.75. The highest BCUT2D eigenvalue weighted by molar-refractivity contribution is 5.94. The van der Waals surface area contributed by atoms with E-state index in [4.69, 9.17) is 0 Å². The maximum atomic E-state index is 12.5. The average molecular weight is 311 g/mol. The topological polar surface area (TPSA) is 32.3 Å². The molecule has 4 heteroatoms. The van der Waals surface area contributed by atoms with E-state index in [1.54, 1.807) is 0 Å². The number of nitrogens with zero attached hydrogens (tertiary/aromatic N) is 1. The van der Waals surface area contributed by atoms with Crippen LogP contribution in [-0.4, -0.2) is 25.5 Å². The minimum Gasteiger partial charge on any atom is -0.316 e. The van der Waals surface area contributed by atoms with Crippen LogP contribution in [0, 0.1) is 19.8 Å². The summed E-state index contributed by atoms with van der Waals surface area (Å²) in [6, 6.07) is 6.19. The lowest BCUT2D eigenvalue weighted by atomic mass is 10.0. The van der Waals surface area contributed by atoms with Crippen LogP contribution in [0.1, 0.15) is 37.3 Å². The lowest BCUT2D eigenvalue weighted by Crippen LogP contribution is -2.31. The van der Waals surface area contributed by atoms with E-state index in [0.717, 1.165) is 31.7 Å². The van der Waals surface area contributed by atoms with Crippen molar-refractivity contribution in [1.29, 1.82) is 0 Å². The van der Waals surface area contributed by atoms with Crippen LogP contribution in [0.3, 0.4) is 0 Å². The molecule has 1 N–H and O–H groups in total. The molecule has 2 rings (SSSR count). The van der Waals surface area contributed by atoms with Gasteiger partial charge in [-0.05, 0) is 69.8 Å². The van der Waals surface area contributed by atoms with E-state index in [9.17, 15) is 4.79 Å². The van der Waals surface area contributed by atoms with E-state index in [-0.39, 0.29) is 18.3 Å². The number of halogens is 1. The third-order valence-electron chi connectivity index (χ3n) is 4.41. The van der Waals surface area contributed by atoms with Crippen molar-refractivity contribution in [2.75, 3.05) is 24.5 Å². The van der Waals surface area contributed by atoms with Gasteiger partial charge in [0.1, 0.15) is 0 Å². The third-order valence-corrected chi connectivity index (χ3v) is 4.41. The first kappa shape index (κ1) is 18.0. The molecule has 0 saturated carbocycles. The number of anilines is 1. The fourth-order valence-electron chi connectivity index (χ4n) is 2.93. The van der Waals surface area contributed by atoms with Crippen molar-refractivity contribution in [2.24, 2.45) is 5.92 Å². The van der Waals surface area contributed by atoms with Gasteiger partial charge in [-0.25, -0.2) is 0 Å². The van der Waals surface area contributed by atoms with Crippen molar-refractivity contribution in [3.05, 3.63) is 29.3 Å². The summed E-state index contributed by atoms with van der Waals surface area (Å²) in [5.41, 5.74) is 3.53. The zero-order valence-electron chi connectivity index (χ0n) is 13.3. The molecule has 1 saturated heterocycles. The molecule has 0 aliphatic carbocycles. The van der Waals surface area contributed by atoms with Crippen molar-refractivity contribution >= 4 is 24.0 Å². The van der Waals surface area contributed by atoms with Crippen LogP contribution in [-0.2, 0) is 4.79 Å². The lowest BCUT2D eigenvalue weighted by Gasteiger charge is -2.24. The Hall–Kier alpha value is -1.06. The Kier molecular flexibility index (Phi) is 7.20. The molecular weight excluding hydrogens is 284 g/mol. The number of amides is 1. The van der Waals surface area contributed by atoms with Crippen LogP contribution < -0.4 is 10.2 Å². The Bertz CT molecular complexity index is 470. The van der Waals surface area contributed by atoms with Crippen LogP contribution >= 0.6 is 12.4 Å². The van der Waals surface area contributed by atoms with Gasteiger partial charge in [-0.2, -0.15) is 0 Å². The first-order valence-corrected chi connectivity index (χ1v) is 7.70. The number of hydrogen-bond donors (Lipinski definition) is 1. The molecule has 1 fully saturated rings. The Morgan fingerprint density at radius 2 is 2.14 bits per heavy atom. The summed E-state index contributed by atoms with van der Waals surface area (Å²) in [4.78, 5) is 14.4. The summed E-state index contributed by atoms with van der Waals surface area (Å²) in [6.45, 7) is 9.17. The van der Waals surface area contributed by atoms with Crippen LogP contribution in [0.2, 0.25) is 0 Å². The Labute approximate surface area is 134 Å². The Morgan fingerprint density at radius 3 is 2.76 bits per heavy atom. The second-order valence-corrected chi connectivity index (χ2v) is 5.75. The fourth-order valence-corrected chi connectivity index (χ4v) is 2.93. The Morgan fingerprint density at radius 1 is 1.38 bits per heavy atom. The summed E-state index contributed by atoms with van der Waals surface area (Å²) in [7, 11) is 0. The lowest BCUT2D eigenvalue weighted by molar-refractivity contribution is -0.118. The molecule has 0 aromatic heterocycles. The van der Waals surface area contributed by atoms with Crippen LogP contribution in [0.15, 0.2) is 18.2 Å². The van der Waals surface area contributed by atoms with Gasteiger partial charge in [-0.15, -0.1) is 12.4 Å². The molecule has 21 heavy (non-hydrogen) atoms. The standard InChI is InChI=1S/C17H26N2O.ClH/c1-4-19(16-7-5-6-13(2)14(16)3)17(20)9-8-15-10-11-18-12-15;/h5-7,15,18H,4,8-12H2,1-3H3;1H. The molecule has 118 valence electrons. The number of rotatable bonds is 5. The van der Waals surface area contributed by atoms with E-state index in [1.807, 2.05) is 11.0 Å². The van der Waals surface area contributed by atoms with Crippen molar-refractivity contribution < 1.29 is 4.79 Å². The van der Waals surface area contributed by atoms with Crippen LogP contribution in [0.25, 0.3) is 0 Å². The van der Waals surface area contributed by atoms with E-state index < -0.39 is 0 Å². The highest BCUT2D eigenvalue weighted by Crippen LogP contribution is 2.24. The van der Waals surface area contributed by atoms with Crippen LogP contribution in [0.5, 0.6) is 0 Å². The highest BCUT2D eigenvalue weighted by atomic mass is 35.5. The number of carbonyl (C=O) groups excluding carboxylic acids is 1. The van der Waals surface area contributed by atoms with Gasteiger partial charge in [0.2, 0.25) is 5.91 Å². The molecule has 1 aliphatic heterocycles. The molecule has 1 atom stereocenters. The normalized spacial score (nSPS) is 17.4. The number of benzene rings is 1. The van der Waals surface area contributed by atoms with Gasteiger partial charge in [-0.1, -0.05) is 12.1 Å². The monoisotopic (exact) mass is 310 g/mol. The second kappa shape index (κ2) is 8.40. The summed E-state index contributed by atoms with van der Waals surface area (Å²) < 4.78 is 0. The number of carbonyl (C=O) groups is 1. The molecule has 0 radical (unpaired) electrons. The van der Waals surface area contributed by atoms with E-state index in [0.29, 0.717) is 12.3 Å². The molecule has 1 aromatic carbocycles. The molecule has 0 spiro atoms. The minimum absolute atomic E-state index is 0. The van der Waals surface area contributed by atoms with Gasteiger partial charge in [0.15, 0.2) is 0 Å². The van der Waals surface area contributed by atoms with E-state index in [2.05, 4.69) is 38.2 Å². The minimum atomic E-state index is 0. The molecular formula is C17H27ClN2O. The van der Waals surface area contributed by atoms with Gasteiger partial charge < -0.3 is 10.2 Å². The molecule has 1 heterocycles. The predicted octanol–water partition coefficient (Wildman–Crippen LogP) is 3.47. The van der Waals surface area contributed by atoms with E-state index in [1.165, 1.54) is 17.5 Å². The maximum Gasteiger partial charge on any atom is 0.226 e. The SMILES string of the molecule is CCN(C(=O)CCC1CCNC1)c1cccc(C)c1C.Cl. The highest BCUT2D eigenvalue weighted by Gasteiger charge is 2.20. The molecule has 0 bridgehead atoms. The summed E-state index contributed by atoms with van der Waals surface area (Å²) in [5, 5.41) is 3.36. The van der Waals surface area contributed by atoms with Gasteiger partial charge in [-0.3, -0.25) is 4.79 Å². The fraction of sp³-hybridized carbons (Fsp3) is 0.588. The maximum absolute atomic E-state index is 12.5. The quantitative estimate of drug-likeness (QED) is 0.903. The molecule has 1 unspecified atom stereocenters.